The van der Waals surface area contributed by atoms with Crippen molar-refractivity contribution < 1.29 is 0 Å². The van der Waals surface area contributed by atoms with E-state index >= 15 is 0 Å². The van der Waals surface area contributed by atoms with Crippen LogP contribution in [-0.2, 0) is 0 Å². The molecule has 0 spiro atoms. The van der Waals surface area contributed by atoms with Crippen LogP contribution in [0.15, 0.2) is 0 Å². The highest BCUT2D eigenvalue weighted by Gasteiger charge is 1.62. The van der Waals surface area contributed by atoms with Crippen LogP contribution >= 0.6 is 12.2 Å². The van der Waals surface area contributed by atoms with Crippen molar-refractivity contribution in [2.24, 2.45) is 5.73 Å². The Labute approximate surface area is 62.8 Å². The minimum Gasteiger partial charge on any atom is -0.394 e. The molecule has 0 aromatic rings. The van der Waals surface area contributed by atoms with Crippen molar-refractivity contribution in [1.82, 2.24) is 5.32 Å². The number of hydrogen-bond acceptors (Lipinski definition) is 2. The van der Waals surface area contributed by atoms with E-state index in [1.165, 1.54) is 0 Å². The monoisotopic (exact) mass is 148 g/mol. The van der Waals surface area contributed by atoms with Gasteiger partial charge in [0.15, 0.2) is 0 Å². The molecule has 0 saturated heterocycles. The van der Waals surface area contributed by atoms with Crippen LogP contribution in [0.3, 0.4) is 0 Å². The molecule has 0 aliphatic heterocycles. The molecule has 0 bridgehead atoms. The summed E-state index contributed by atoms with van der Waals surface area (Å²) in [6, 6.07) is 0. The molecule has 0 atom stereocenters. The number of nitrogens with one attached hydrogen (secondary N) is 1. The third-order valence-electron chi connectivity index (χ3n) is 0.500. The summed E-state index contributed by atoms with van der Waals surface area (Å²) >= 11 is 4.31. The zero-order chi connectivity index (χ0) is 7.70. The van der Waals surface area contributed by atoms with Crippen LogP contribution < -0.4 is 11.1 Å². The van der Waals surface area contributed by atoms with Gasteiger partial charge in [-0.15, -0.1) is 0 Å². The van der Waals surface area contributed by atoms with E-state index in [0.717, 1.165) is 13.1 Å². The van der Waals surface area contributed by atoms with Crippen LogP contribution in [0.25, 0.3) is 0 Å². The predicted octanol–water partition coefficient (Wildman–Crippen LogP) is 0.908. The van der Waals surface area contributed by atoms with Gasteiger partial charge in [0.05, 0.1) is 4.99 Å². The molecule has 0 aromatic heterocycles. The summed E-state index contributed by atoms with van der Waals surface area (Å²) in [6.07, 6.45) is 0. The van der Waals surface area contributed by atoms with Crippen LogP contribution in [0.1, 0.15) is 20.8 Å². The SMILES string of the molecule is CC(N)=S.CCNCC. The first-order valence-electron chi connectivity index (χ1n) is 3.11. The lowest BCUT2D eigenvalue weighted by atomic mass is 10.7. The summed E-state index contributed by atoms with van der Waals surface area (Å²) in [5.74, 6) is 0. The number of hydrogen-bond donors (Lipinski definition) is 2. The second-order valence-electron chi connectivity index (χ2n) is 1.57. The highest BCUT2D eigenvalue weighted by atomic mass is 32.1. The molecule has 0 aliphatic carbocycles. The Hall–Kier alpha value is -0.150. The lowest BCUT2D eigenvalue weighted by Gasteiger charge is -1.86. The Morgan fingerprint density at radius 2 is 1.67 bits per heavy atom. The summed E-state index contributed by atoms with van der Waals surface area (Å²) < 4.78 is 0. The van der Waals surface area contributed by atoms with Gasteiger partial charge in [-0.3, -0.25) is 0 Å². The van der Waals surface area contributed by atoms with Crippen LogP contribution in [0.5, 0.6) is 0 Å². The highest BCUT2D eigenvalue weighted by Crippen LogP contribution is 1.48. The average molecular weight is 148 g/mol. The van der Waals surface area contributed by atoms with Crippen molar-refractivity contribution in [2.75, 3.05) is 13.1 Å². The Morgan fingerprint density at radius 1 is 1.44 bits per heavy atom. The van der Waals surface area contributed by atoms with Gasteiger partial charge < -0.3 is 11.1 Å². The molecule has 0 saturated carbocycles. The highest BCUT2D eigenvalue weighted by molar-refractivity contribution is 7.80. The van der Waals surface area contributed by atoms with Gasteiger partial charge in [-0.25, -0.2) is 0 Å². The predicted molar refractivity (Wildman–Crippen MR) is 46.7 cm³/mol. The van der Waals surface area contributed by atoms with E-state index in [0.29, 0.717) is 4.99 Å². The maximum absolute atomic E-state index is 4.84. The topological polar surface area (TPSA) is 38.0 Å². The Balaban J connectivity index is 0. The van der Waals surface area contributed by atoms with Gasteiger partial charge in [0.25, 0.3) is 0 Å². The van der Waals surface area contributed by atoms with E-state index in [1.54, 1.807) is 6.92 Å². The van der Waals surface area contributed by atoms with Crippen molar-refractivity contribution >= 4 is 17.2 Å². The largest absolute Gasteiger partial charge is 0.394 e. The smallest absolute Gasteiger partial charge is 0.0695 e. The maximum Gasteiger partial charge on any atom is 0.0695 e. The molecule has 3 N–H and O–H groups in total. The molecule has 0 heterocycles. The third-order valence-corrected chi connectivity index (χ3v) is 0.500. The second-order valence-corrected chi connectivity index (χ2v) is 2.21. The minimum atomic E-state index is 0.500. The Kier molecular flexibility index (Phi) is 13.9. The number of thiocarbonyl (C=S) groups is 1. The fraction of sp³-hybridized carbons (Fsp3) is 0.833. The lowest BCUT2D eigenvalue weighted by Crippen LogP contribution is -2.09. The quantitative estimate of drug-likeness (QED) is 0.572. The van der Waals surface area contributed by atoms with Gasteiger partial charge in [-0.2, -0.15) is 0 Å². The van der Waals surface area contributed by atoms with Crippen molar-refractivity contribution in [2.45, 2.75) is 20.8 Å². The molecule has 0 rings (SSSR count). The second kappa shape index (κ2) is 10.8. The molecule has 9 heavy (non-hydrogen) atoms. The van der Waals surface area contributed by atoms with E-state index in [2.05, 4.69) is 31.4 Å². The molecule has 0 amide bonds. The first-order valence-corrected chi connectivity index (χ1v) is 3.52. The van der Waals surface area contributed by atoms with Crippen molar-refractivity contribution in [3.63, 3.8) is 0 Å². The van der Waals surface area contributed by atoms with Crippen molar-refractivity contribution in [3.8, 4) is 0 Å². The fourth-order valence-corrected chi connectivity index (χ4v) is 0.250. The first-order chi connectivity index (χ1) is 4.15. The standard InChI is InChI=1S/C4H11N.C2H5NS/c1-3-5-4-2;1-2(3)4/h5H,3-4H2,1-2H3;1H3,(H2,3,4). The fourth-order valence-electron chi connectivity index (χ4n) is 0.250. The van der Waals surface area contributed by atoms with Gasteiger partial charge in [-0.05, 0) is 20.0 Å². The summed E-state index contributed by atoms with van der Waals surface area (Å²) in [5, 5.41) is 3.11. The van der Waals surface area contributed by atoms with Gasteiger partial charge >= 0.3 is 0 Å². The summed E-state index contributed by atoms with van der Waals surface area (Å²) in [7, 11) is 0. The molecule has 0 aromatic carbocycles. The van der Waals surface area contributed by atoms with Crippen LogP contribution in [0.2, 0.25) is 0 Å². The molecular formula is C6H16N2S. The Bertz CT molecular complexity index is 58.1. The van der Waals surface area contributed by atoms with E-state index in [-0.39, 0.29) is 0 Å². The first kappa shape index (κ1) is 11.6. The van der Waals surface area contributed by atoms with Gasteiger partial charge in [0.2, 0.25) is 0 Å². The molecule has 56 valence electrons. The molecule has 0 unspecified atom stereocenters. The Morgan fingerprint density at radius 3 is 1.67 bits per heavy atom. The molecule has 2 nitrogen and oxygen atoms in total. The number of rotatable bonds is 2. The zero-order valence-corrected chi connectivity index (χ0v) is 7.22. The van der Waals surface area contributed by atoms with E-state index in [1.807, 2.05) is 0 Å². The zero-order valence-electron chi connectivity index (χ0n) is 6.40. The lowest BCUT2D eigenvalue weighted by molar-refractivity contribution is 0.762. The van der Waals surface area contributed by atoms with Crippen LogP contribution in [0.4, 0.5) is 0 Å². The van der Waals surface area contributed by atoms with Gasteiger partial charge in [0, 0.05) is 0 Å². The molecule has 0 aliphatic rings. The number of nitrogens with two attached hydrogens (primary N) is 1. The van der Waals surface area contributed by atoms with E-state index < -0.39 is 0 Å². The molecule has 0 radical (unpaired) electrons. The van der Waals surface area contributed by atoms with Gasteiger partial charge in [-0.1, -0.05) is 26.1 Å². The maximum atomic E-state index is 4.84. The molecular weight excluding hydrogens is 132 g/mol. The molecule has 0 fully saturated rings. The third kappa shape index (κ3) is 78.5. The van der Waals surface area contributed by atoms with Crippen molar-refractivity contribution in [3.05, 3.63) is 0 Å². The summed E-state index contributed by atoms with van der Waals surface area (Å²) in [5.41, 5.74) is 4.84. The minimum absolute atomic E-state index is 0.500. The summed E-state index contributed by atoms with van der Waals surface area (Å²) in [4.78, 5) is 0.500. The van der Waals surface area contributed by atoms with E-state index in [4.69, 9.17) is 5.73 Å². The van der Waals surface area contributed by atoms with Crippen LogP contribution in [-0.4, -0.2) is 18.1 Å². The molecule has 3 heteroatoms. The average Bonchev–Trinajstić information content (AvgIpc) is 1.66. The van der Waals surface area contributed by atoms with E-state index in [9.17, 15) is 0 Å². The normalized spacial score (nSPS) is 7.44. The summed E-state index contributed by atoms with van der Waals surface area (Å²) in [6.45, 7) is 8.06. The van der Waals surface area contributed by atoms with Gasteiger partial charge in [0.1, 0.15) is 0 Å². The van der Waals surface area contributed by atoms with Crippen molar-refractivity contribution in [1.29, 1.82) is 0 Å². The van der Waals surface area contributed by atoms with Crippen LogP contribution in [0, 0.1) is 0 Å².